The van der Waals surface area contributed by atoms with Gasteiger partial charge in [-0.3, -0.25) is 14.3 Å². The van der Waals surface area contributed by atoms with E-state index >= 15 is 0 Å². The van der Waals surface area contributed by atoms with Crippen LogP contribution in [0.4, 0.5) is 17.6 Å². The highest BCUT2D eigenvalue weighted by Gasteiger charge is 2.33. The molecular formula is C27H24F4N4O. The predicted molar refractivity (Wildman–Crippen MR) is 127 cm³/mol. The number of carbonyl (C=O) groups excluding carboxylic acids is 1. The summed E-state index contributed by atoms with van der Waals surface area (Å²) in [6, 6.07) is 10.6. The van der Waals surface area contributed by atoms with E-state index in [0.29, 0.717) is 18.1 Å². The van der Waals surface area contributed by atoms with Crippen molar-refractivity contribution in [3.63, 3.8) is 0 Å². The van der Waals surface area contributed by atoms with Gasteiger partial charge in [0.1, 0.15) is 23.2 Å². The van der Waals surface area contributed by atoms with Crippen LogP contribution in [-0.2, 0) is 18.4 Å². The first-order chi connectivity index (χ1) is 17.1. The molecule has 0 saturated carbocycles. The molecular weight excluding hydrogens is 472 g/mol. The number of aromatic nitrogens is 3. The van der Waals surface area contributed by atoms with Crippen molar-refractivity contribution in [3.05, 3.63) is 113 Å². The summed E-state index contributed by atoms with van der Waals surface area (Å²) in [6.45, 7) is 3.68. The monoisotopic (exact) mass is 496 g/mol. The summed E-state index contributed by atoms with van der Waals surface area (Å²) >= 11 is 0. The zero-order chi connectivity index (χ0) is 26.0. The van der Waals surface area contributed by atoms with E-state index in [0.717, 1.165) is 17.7 Å². The summed E-state index contributed by atoms with van der Waals surface area (Å²) in [5, 5.41) is 0. The molecule has 0 spiro atoms. The van der Waals surface area contributed by atoms with Gasteiger partial charge >= 0.3 is 0 Å². The van der Waals surface area contributed by atoms with Crippen molar-refractivity contribution in [2.24, 2.45) is 0 Å². The van der Waals surface area contributed by atoms with Crippen LogP contribution in [0.25, 0.3) is 5.69 Å². The second-order valence-electron chi connectivity index (χ2n) is 9.18. The Morgan fingerprint density at radius 1 is 0.944 bits per heavy atom. The minimum atomic E-state index is -1.27. The lowest BCUT2D eigenvalue weighted by molar-refractivity contribution is 0.0776. The first-order valence-corrected chi connectivity index (χ1v) is 11.2. The number of halogens is 4. The van der Waals surface area contributed by atoms with Gasteiger partial charge in [-0.05, 0) is 60.5 Å². The van der Waals surface area contributed by atoms with Crippen LogP contribution in [-0.4, -0.2) is 32.4 Å². The average Bonchev–Trinajstić information content (AvgIpc) is 3.31. The van der Waals surface area contributed by atoms with Crippen molar-refractivity contribution in [1.82, 2.24) is 19.4 Å². The zero-order valence-electron chi connectivity index (χ0n) is 20.0. The van der Waals surface area contributed by atoms with Gasteiger partial charge in [0.2, 0.25) is 0 Å². The van der Waals surface area contributed by atoms with E-state index in [2.05, 4.69) is 9.97 Å². The quantitative estimate of drug-likeness (QED) is 0.247. The summed E-state index contributed by atoms with van der Waals surface area (Å²) in [6.07, 6.45) is 4.40. The standard InChI is InChI=1S/C27H24F4N4O/c1-27(2,14-20-21(29)8-9-22(30)24(20)31)26-33-15-23(35(26)19-6-4-18(28)5-7-19)25(36)34(3)16-17-10-12-32-13-11-17/h4-13,15H,14,16H2,1-3H3. The highest BCUT2D eigenvalue weighted by molar-refractivity contribution is 5.93. The Morgan fingerprint density at radius 2 is 1.58 bits per heavy atom. The Morgan fingerprint density at radius 3 is 2.25 bits per heavy atom. The van der Waals surface area contributed by atoms with Gasteiger partial charge in [-0.1, -0.05) is 13.8 Å². The number of hydrogen-bond acceptors (Lipinski definition) is 3. The molecule has 0 unspecified atom stereocenters. The number of hydrogen-bond donors (Lipinski definition) is 0. The molecule has 0 bridgehead atoms. The lowest BCUT2D eigenvalue weighted by Crippen LogP contribution is -2.31. The van der Waals surface area contributed by atoms with Crippen LogP contribution in [0.3, 0.4) is 0 Å². The molecule has 0 radical (unpaired) electrons. The SMILES string of the molecule is CN(Cc1ccncc1)C(=O)c1cnc(C(C)(C)Cc2c(F)ccc(F)c2F)n1-c1ccc(F)cc1. The maximum absolute atomic E-state index is 14.5. The van der Waals surface area contributed by atoms with Gasteiger partial charge in [-0.15, -0.1) is 0 Å². The lowest BCUT2D eigenvalue weighted by Gasteiger charge is -2.27. The van der Waals surface area contributed by atoms with Crippen LogP contribution in [0, 0.1) is 23.3 Å². The molecule has 2 aromatic heterocycles. The first kappa shape index (κ1) is 25.1. The van der Waals surface area contributed by atoms with E-state index in [1.54, 1.807) is 50.0 Å². The van der Waals surface area contributed by atoms with Gasteiger partial charge in [-0.2, -0.15) is 0 Å². The summed E-state index contributed by atoms with van der Waals surface area (Å²) in [4.78, 5) is 23.4. The minimum absolute atomic E-state index is 0.182. The van der Waals surface area contributed by atoms with Crippen molar-refractivity contribution in [2.75, 3.05) is 7.05 Å². The number of rotatable bonds is 7. The van der Waals surface area contributed by atoms with E-state index in [1.807, 2.05) is 0 Å². The van der Waals surface area contributed by atoms with Crippen LogP contribution >= 0.6 is 0 Å². The average molecular weight is 497 g/mol. The van der Waals surface area contributed by atoms with E-state index in [-0.39, 0.29) is 18.0 Å². The molecule has 0 saturated heterocycles. The summed E-state index contributed by atoms with van der Waals surface area (Å²) in [5.74, 6) is -3.83. The molecule has 9 heteroatoms. The van der Waals surface area contributed by atoms with Crippen molar-refractivity contribution in [2.45, 2.75) is 32.2 Å². The molecule has 0 aliphatic rings. The molecule has 4 aromatic rings. The van der Waals surface area contributed by atoms with Crippen LogP contribution < -0.4 is 0 Å². The summed E-state index contributed by atoms with van der Waals surface area (Å²) < 4.78 is 58.0. The Kier molecular flexibility index (Phi) is 6.92. The highest BCUT2D eigenvalue weighted by Crippen LogP contribution is 2.32. The smallest absolute Gasteiger partial charge is 0.272 e. The maximum Gasteiger partial charge on any atom is 0.272 e. The third-order valence-corrected chi connectivity index (χ3v) is 5.94. The Bertz CT molecular complexity index is 1390. The van der Waals surface area contributed by atoms with Crippen molar-refractivity contribution >= 4 is 5.91 Å². The number of nitrogens with zero attached hydrogens (tertiary/aromatic N) is 4. The highest BCUT2D eigenvalue weighted by atomic mass is 19.2. The normalized spacial score (nSPS) is 11.5. The molecule has 2 aromatic carbocycles. The predicted octanol–water partition coefficient (Wildman–Crippen LogP) is 5.62. The third-order valence-electron chi connectivity index (χ3n) is 5.94. The molecule has 186 valence electrons. The van der Waals surface area contributed by atoms with Gasteiger partial charge in [0, 0.05) is 42.7 Å². The maximum atomic E-state index is 14.5. The van der Waals surface area contributed by atoms with Gasteiger partial charge in [-0.25, -0.2) is 22.5 Å². The van der Waals surface area contributed by atoms with E-state index in [1.165, 1.54) is 35.4 Å². The number of benzene rings is 2. The molecule has 2 heterocycles. The number of pyridine rings is 1. The van der Waals surface area contributed by atoms with Gasteiger partial charge < -0.3 is 4.90 Å². The molecule has 0 N–H and O–H groups in total. The second-order valence-corrected chi connectivity index (χ2v) is 9.18. The van der Waals surface area contributed by atoms with Crippen LogP contribution in [0.5, 0.6) is 0 Å². The summed E-state index contributed by atoms with van der Waals surface area (Å²) in [5.41, 5.74) is 0.0217. The largest absolute Gasteiger partial charge is 0.336 e. The Hall–Kier alpha value is -4.01. The van der Waals surface area contributed by atoms with Crippen LogP contribution in [0.15, 0.2) is 67.1 Å². The molecule has 5 nitrogen and oxygen atoms in total. The van der Waals surface area contributed by atoms with E-state index < -0.39 is 34.2 Å². The van der Waals surface area contributed by atoms with Crippen molar-refractivity contribution in [3.8, 4) is 5.69 Å². The van der Waals surface area contributed by atoms with Gasteiger partial charge in [0.15, 0.2) is 11.6 Å². The Balaban J connectivity index is 1.78. The number of imidazole rings is 1. The fourth-order valence-corrected chi connectivity index (χ4v) is 4.11. The third kappa shape index (κ3) is 5.00. The summed E-state index contributed by atoms with van der Waals surface area (Å²) in [7, 11) is 1.63. The lowest BCUT2D eigenvalue weighted by atomic mass is 9.84. The second kappa shape index (κ2) is 9.93. The van der Waals surface area contributed by atoms with Crippen molar-refractivity contribution in [1.29, 1.82) is 0 Å². The first-order valence-electron chi connectivity index (χ1n) is 11.2. The topological polar surface area (TPSA) is 51.0 Å². The molecule has 0 fully saturated rings. The molecule has 0 aliphatic carbocycles. The molecule has 0 atom stereocenters. The number of carbonyl (C=O) groups is 1. The van der Waals surface area contributed by atoms with E-state index in [9.17, 15) is 22.4 Å². The van der Waals surface area contributed by atoms with Gasteiger partial charge in [0.25, 0.3) is 5.91 Å². The van der Waals surface area contributed by atoms with E-state index in [4.69, 9.17) is 0 Å². The molecule has 36 heavy (non-hydrogen) atoms. The van der Waals surface area contributed by atoms with Gasteiger partial charge in [0.05, 0.1) is 6.20 Å². The van der Waals surface area contributed by atoms with Crippen molar-refractivity contribution < 1.29 is 22.4 Å². The zero-order valence-corrected chi connectivity index (χ0v) is 20.0. The van der Waals surface area contributed by atoms with Crippen LogP contribution in [0.1, 0.15) is 41.3 Å². The minimum Gasteiger partial charge on any atom is -0.336 e. The number of amides is 1. The fraction of sp³-hybridized carbons (Fsp3) is 0.222. The molecule has 4 rings (SSSR count). The molecule has 1 amide bonds. The van der Waals surface area contributed by atoms with Crippen LogP contribution in [0.2, 0.25) is 0 Å². The fourth-order valence-electron chi connectivity index (χ4n) is 4.11. The molecule has 0 aliphatic heterocycles. The Labute approximate surface area is 206 Å².